The Labute approximate surface area is 146 Å². The SMILES string of the molecule is CCCCCCCCOC(=O)Nc1ccc(C(=O)O)c(O)c1.[Ni]. The van der Waals surface area contributed by atoms with Crippen molar-refractivity contribution in [3.8, 4) is 5.75 Å². The Morgan fingerprint density at radius 1 is 1.13 bits per heavy atom. The topological polar surface area (TPSA) is 95.9 Å². The summed E-state index contributed by atoms with van der Waals surface area (Å²) in [5, 5.41) is 20.8. The van der Waals surface area contributed by atoms with Crippen LogP contribution < -0.4 is 5.32 Å². The number of rotatable bonds is 9. The number of carbonyl (C=O) groups is 2. The molecule has 0 aromatic heterocycles. The minimum Gasteiger partial charge on any atom is -0.507 e. The molecule has 7 heteroatoms. The van der Waals surface area contributed by atoms with Gasteiger partial charge in [-0.25, -0.2) is 9.59 Å². The van der Waals surface area contributed by atoms with E-state index < -0.39 is 17.8 Å². The molecule has 132 valence electrons. The van der Waals surface area contributed by atoms with Crippen LogP contribution in [0.25, 0.3) is 0 Å². The molecule has 3 N–H and O–H groups in total. The van der Waals surface area contributed by atoms with Crippen molar-refractivity contribution >= 4 is 17.7 Å². The van der Waals surface area contributed by atoms with Crippen LogP contribution in [0.3, 0.4) is 0 Å². The maximum absolute atomic E-state index is 11.5. The summed E-state index contributed by atoms with van der Waals surface area (Å²) in [6.45, 7) is 2.51. The zero-order chi connectivity index (χ0) is 16.4. The predicted molar refractivity (Wildman–Crippen MR) is 83.4 cm³/mol. The Hall–Kier alpha value is -1.75. The van der Waals surface area contributed by atoms with E-state index in [0.29, 0.717) is 6.61 Å². The molecule has 1 aromatic carbocycles. The molecule has 0 saturated heterocycles. The van der Waals surface area contributed by atoms with Crippen LogP contribution in [0.5, 0.6) is 5.75 Å². The molecule has 0 unspecified atom stereocenters. The largest absolute Gasteiger partial charge is 0.507 e. The summed E-state index contributed by atoms with van der Waals surface area (Å²) < 4.78 is 5.02. The van der Waals surface area contributed by atoms with E-state index in [0.717, 1.165) is 19.3 Å². The Kier molecular flexibility index (Phi) is 10.9. The maximum Gasteiger partial charge on any atom is 0.411 e. The normalized spacial score (nSPS) is 9.78. The summed E-state index contributed by atoms with van der Waals surface area (Å²) in [6, 6.07) is 3.80. The number of nitrogens with one attached hydrogen (secondary N) is 1. The Morgan fingerprint density at radius 3 is 2.39 bits per heavy atom. The number of anilines is 1. The van der Waals surface area contributed by atoms with Gasteiger partial charge in [0, 0.05) is 28.2 Å². The average molecular weight is 368 g/mol. The monoisotopic (exact) mass is 367 g/mol. The van der Waals surface area contributed by atoms with E-state index in [1.807, 2.05) is 0 Å². The van der Waals surface area contributed by atoms with Gasteiger partial charge in [-0.05, 0) is 18.6 Å². The number of phenols is 1. The molecular formula is C16H23NNiO5. The zero-order valence-corrected chi connectivity index (χ0v) is 14.1. The first-order valence-electron chi connectivity index (χ1n) is 7.54. The van der Waals surface area contributed by atoms with Gasteiger partial charge in [-0.3, -0.25) is 5.32 Å². The molecule has 0 spiro atoms. The minimum absolute atomic E-state index is 0. The third-order valence-corrected chi connectivity index (χ3v) is 3.21. The molecule has 0 heterocycles. The van der Waals surface area contributed by atoms with Crippen LogP contribution in [-0.4, -0.2) is 28.9 Å². The summed E-state index contributed by atoms with van der Waals surface area (Å²) >= 11 is 0. The molecule has 1 aromatic rings. The zero-order valence-electron chi connectivity index (χ0n) is 13.1. The van der Waals surface area contributed by atoms with E-state index in [4.69, 9.17) is 9.84 Å². The number of carbonyl (C=O) groups excluding carboxylic acids is 1. The first kappa shape index (κ1) is 21.3. The van der Waals surface area contributed by atoms with Gasteiger partial charge < -0.3 is 14.9 Å². The molecule has 0 fully saturated rings. The van der Waals surface area contributed by atoms with E-state index >= 15 is 0 Å². The van der Waals surface area contributed by atoms with Gasteiger partial charge in [-0.15, -0.1) is 0 Å². The number of hydrogen-bond acceptors (Lipinski definition) is 4. The number of carboxylic acid groups (broad SMARTS) is 1. The fraction of sp³-hybridized carbons (Fsp3) is 0.500. The Morgan fingerprint density at radius 2 is 1.78 bits per heavy atom. The quantitative estimate of drug-likeness (QED) is 0.452. The molecule has 1 amide bonds. The molecule has 0 aliphatic rings. The second-order valence-electron chi connectivity index (χ2n) is 5.07. The summed E-state index contributed by atoms with van der Waals surface area (Å²) in [5.41, 5.74) is 0.0708. The van der Waals surface area contributed by atoms with E-state index in [-0.39, 0.29) is 27.7 Å². The van der Waals surface area contributed by atoms with E-state index in [2.05, 4.69) is 12.2 Å². The van der Waals surface area contributed by atoms with E-state index in [1.54, 1.807) is 0 Å². The molecule has 6 nitrogen and oxygen atoms in total. The Balaban J connectivity index is 0.00000484. The van der Waals surface area contributed by atoms with Crippen LogP contribution >= 0.6 is 0 Å². The summed E-state index contributed by atoms with van der Waals surface area (Å²) in [4.78, 5) is 22.3. The first-order chi connectivity index (χ1) is 10.5. The molecule has 0 aliphatic heterocycles. The van der Waals surface area contributed by atoms with Crippen molar-refractivity contribution in [3.63, 3.8) is 0 Å². The van der Waals surface area contributed by atoms with Gasteiger partial charge in [0.2, 0.25) is 0 Å². The Bertz CT molecular complexity index is 507. The molecule has 0 aliphatic carbocycles. The average Bonchev–Trinajstić information content (AvgIpc) is 2.46. The summed E-state index contributed by atoms with van der Waals surface area (Å²) in [5.74, 6) is -1.63. The molecule has 0 bridgehead atoms. The van der Waals surface area contributed by atoms with Gasteiger partial charge in [0.1, 0.15) is 11.3 Å². The maximum atomic E-state index is 11.5. The predicted octanol–water partition coefficient (Wildman–Crippen LogP) is 4.00. The first-order valence-corrected chi connectivity index (χ1v) is 7.54. The number of hydrogen-bond donors (Lipinski definition) is 3. The van der Waals surface area contributed by atoms with Crippen LogP contribution in [0.15, 0.2) is 18.2 Å². The molecule has 0 radical (unpaired) electrons. The number of ether oxygens (including phenoxy) is 1. The van der Waals surface area contributed by atoms with E-state index in [9.17, 15) is 14.7 Å². The second-order valence-corrected chi connectivity index (χ2v) is 5.07. The molecule has 0 saturated carbocycles. The van der Waals surface area contributed by atoms with Crippen LogP contribution in [0.1, 0.15) is 55.8 Å². The van der Waals surface area contributed by atoms with Crippen LogP contribution in [0.2, 0.25) is 0 Å². The smallest absolute Gasteiger partial charge is 0.411 e. The fourth-order valence-electron chi connectivity index (χ4n) is 1.99. The van der Waals surface area contributed by atoms with Crippen LogP contribution in [-0.2, 0) is 21.2 Å². The van der Waals surface area contributed by atoms with Gasteiger partial charge in [-0.2, -0.15) is 0 Å². The van der Waals surface area contributed by atoms with Crippen molar-refractivity contribution < 1.29 is 41.0 Å². The standard InChI is InChI=1S/C16H23NO5.Ni/c1-2-3-4-5-6-7-10-22-16(21)17-12-8-9-13(15(19)20)14(18)11-12;/h8-9,11,18H,2-7,10H2,1H3,(H,17,21)(H,19,20);. The van der Waals surface area contributed by atoms with Gasteiger partial charge >= 0.3 is 12.1 Å². The second kappa shape index (κ2) is 11.8. The third kappa shape index (κ3) is 8.45. The summed E-state index contributed by atoms with van der Waals surface area (Å²) in [6.07, 6.45) is 6.02. The number of amides is 1. The van der Waals surface area contributed by atoms with Crippen molar-refractivity contribution in [1.29, 1.82) is 0 Å². The van der Waals surface area contributed by atoms with Crippen molar-refractivity contribution in [2.45, 2.75) is 45.4 Å². The van der Waals surface area contributed by atoms with Gasteiger partial charge in [-0.1, -0.05) is 39.0 Å². The number of unbranched alkanes of at least 4 members (excludes halogenated alkanes) is 5. The van der Waals surface area contributed by atoms with Crippen molar-refractivity contribution in [1.82, 2.24) is 0 Å². The number of benzene rings is 1. The molecule has 23 heavy (non-hydrogen) atoms. The van der Waals surface area contributed by atoms with Crippen LogP contribution in [0, 0.1) is 0 Å². The molecule has 0 atom stereocenters. The van der Waals surface area contributed by atoms with Crippen LogP contribution in [0.4, 0.5) is 10.5 Å². The van der Waals surface area contributed by atoms with Gasteiger partial charge in [0.25, 0.3) is 0 Å². The molecular weight excluding hydrogens is 345 g/mol. The van der Waals surface area contributed by atoms with Crippen molar-refractivity contribution in [3.05, 3.63) is 23.8 Å². The van der Waals surface area contributed by atoms with Crippen molar-refractivity contribution in [2.24, 2.45) is 0 Å². The number of aromatic carboxylic acids is 1. The minimum atomic E-state index is -1.23. The van der Waals surface area contributed by atoms with Gasteiger partial charge in [0.05, 0.1) is 6.61 Å². The third-order valence-electron chi connectivity index (χ3n) is 3.21. The van der Waals surface area contributed by atoms with E-state index in [1.165, 1.54) is 37.5 Å². The number of aromatic hydroxyl groups is 1. The fourth-order valence-corrected chi connectivity index (χ4v) is 1.99. The molecule has 1 rings (SSSR count). The van der Waals surface area contributed by atoms with Crippen molar-refractivity contribution in [2.75, 3.05) is 11.9 Å². The van der Waals surface area contributed by atoms with Gasteiger partial charge in [0.15, 0.2) is 0 Å². The summed E-state index contributed by atoms with van der Waals surface area (Å²) in [7, 11) is 0. The number of carboxylic acids is 1.